The lowest BCUT2D eigenvalue weighted by molar-refractivity contribution is -0.388. The van der Waals surface area contributed by atoms with Crippen LogP contribution in [0, 0.1) is 40.4 Å². The second-order valence-corrected chi connectivity index (χ2v) is 11.6. The molecular weight excluding hydrogens is 380 g/mol. The molecule has 30 heavy (non-hydrogen) atoms. The number of carbonyl (C=O) groups is 1. The number of fused-ring (bicyclic) bond motifs is 6. The minimum absolute atomic E-state index is 0.0639. The van der Waals surface area contributed by atoms with Gasteiger partial charge in [-0.15, -0.1) is 0 Å². The molecule has 7 atom stereocenters. The number of carbonyl (C=O) groups excluding carboxylic acids is 1. The highest BCUT2D eigenvalue weighted by atomic mass is 16.9. The van der Waals surface area contributed by atoms with E-state index in [2.05, 4.69) is 13.8 Å². The summed E-state index contributed by atoms with van der Waals surface area (Å²) < 4.78 is 24.1. The van der Waals surface area contributed by atoms with Crippen molar-refractivity contribution in [3.8, 4) is 0 Å². The molecule has 6 rings (SSSR count). The fourth-order valence-electron chi connectivity index (χ4n) is 9.03. The molecule has 0 N–H and O–H groups in total. The summed E-state index contributed by atoms with van der Waals surface area (Å²) in [4.78, 5) is 13.1. The van der Waals surface area contributed by atoms with E-state index in [1.54, 1.807) is 0 Å². The standard InChI is InChI=1S/C25H38O5/c1-15-29-22(30-15)18-6-9-23(2)16(14-21(18)26)4-5-17-19(23)7-10-24(3)20(17)8-11-25(24)27-12-13-28-25/h15-20,22H,4-14H2,1-3H3/t15?,16-,17+,18?,19-,20-,22?,23-,24-/m0/s1. The Kier molecular flexibility index (Phi) is 4.54. The van der Waals surface area contributed by atoms with Gasteiger partial charge in [-0.1, -0.05) is 13.8 Å². The number of hydrogen-bond acceptors (Lipinski definition) is 5. The predicted octanol–water partition coefficient (Wildman–Crippen LogP) is 4.68. The van der Waals surface area contributed by atoms with Crippen LogP contribution in [0.1, 0.15) is 78.6 Å². The summed E-state index contributed by atoms with van der Waals surface area (Å²) in [7, 11) is 0. The average Bonchev–Trinajstić information content (AvgIpc) is 3.25. The summed E-state index contributed by atoms with van der Waals surface area (Å²) in [6.07, 6.45) is 9.54. The minimum Gasteiger partial charge on any atom is -0.347 e. The highest BCUT2D eigenvalue weighted by Crippen LogP contribution is 2.69. The molecule has 0 radical (unpaired) electrons. The quantitative estimate of drug-likeness (QED) is 0.619. The van der Waals surface area contributed by atoms with Crippen molar-refractivity contribution in [1.29, 1.82) is 0 Å². The molecule has 4 saturated carbocycles. The van der Waals surface area contributed by atoms with E-state index in [9.17, 15) is 4.79 Å². The van der Waals surface area contributed by atoms with Gasteiger partial charge in [0.05, 0.1) is 19.1 Å². The van der Waals surface area contributed by atoms with E-state index in [1.807, 2.05) is 6.92 Å². The van der Waals surface area contributed by atoms with Crippen molar-refractivity contribution in [2.45, 2.75) is 96.9 Å². The maximum Gasteiger partial charge on any atom is 0.174 e. The molecule has 0 aromatic heterocycles. The molecule has 2 heterocycles. The van der Waals surface area contributed by atoms with Gasteiger partial charge in [-0.3, -0.25) is 4.79 Å². The molecule has 1 spiro atoms. The summed E-state index contributed by atoms with van der Waals surface area (Å²) in [6.45, 7) is 8.40. The van der Waals surface area contributed by atoms with Crippen molar-refractivity contribution in [3.63, 3.8) is 0 Å². The third kappa shape index (κ3) is 2.58. The van der Waals surface area contributed by atoms with Gasteiger partial charge in [0.25, 0.3) is 0 Å². The number of hydrogen-bond donors (Lipinski definition) is 0. The zero-order valence-corrected chi connectivity index (χ0v) is 18.9. The van der Waals surface area contributed by atoms with Crippen LogP contribution in [-0.2, 0) is 23.7 Å². The van der Waals surface area contributed by atoms with Crippen LogP contribution < -0.4 is 0 Å². The molecule has 6 aliphatic rings. The first-order valence-electron chi connectivity index (χ1n) is 12.5. The molecule has 5 nitrogen and oxygen atoms in total. The lowest BCUT2D eigenvalue weighted by Crippen LogP contribution is -2.55. The molecule has 6 fully saturated rings. The van der Waals surface area contributed by atoms with Crippen LogP contribution in [-0.4, -0.2) is 37.4 Å². The van der Waals surface area contributed by atoms with Crippen LogP contribution in [0.4, 0.5) is 0 Å². The molecule has 1 unspecified atom stereocenters. The molecule has 0 aromatic carbocycles. The third-order valence-electron chi connectivity index (χ3n) is 10.7. The summed E-state index contributed by atoms with van der Waals surface area (Å²) in [6, 6.07) is 0. The van der Waals surface area contributed by atoms with Crippen LogP contribution in [0.15, 0.2) is 0 Å². The Hall–Kier alpha value is -0.490. The Bertz CT molecular complexity index is 710. The second-order valence-electron chi connectivity index (χ2n) is 11.6. The number of rotatable bonds is 1. The monoisotopic (exact) mass is 418 g/mol. The van der Waals surface area contributed by atoms with E-state index in [0.717, 1.165) is 50.7 Å². The molecule has 0 amide bonds. The van der Waals surface area contributed by atoms with Gasteiger partial charge in [0, 0.05) is 18.3 Å². The topological polar surface area (TPSA) is 54.0 Å². The van der Waals surface area contributed by atoms with Crippen molar-refractivity contribution < 1.29 is 23.7 Å². The summed E-state index contributed by atoms with van der Waals surface area (Å²) in [5.74, 6) is 2.69. The predicted molar refractivity (Wildman–Crippen MR) is 110 cm³/mol. The summed E-state index contributed by atoms with van der Waals surface area (Å²) in [5.41, 5.74) is 0.415. The second kappa shape index (κ2) is 6.76. The first kappa shape index (κ1) is 20.1. The van der Waals surface area contributed by atoms with E-state index < -0.39 is 0 Å². The Labute approximate surface area is 180 Å². The van der Waals surface area contributed by atoms with Crippen LogP contribution in [0.3, 0.4) is 0 Å². The average molecular weight is 419 g/mol. The lowest BCUT2D eigenvalue weighted by atomic mass is 9.46. The number of Topliss-reactive ketones (excluding diaryl/α,β-unsaturated/α-hetero) is 1. The van der Waals surface area contributed by atoms with Crippen LogP contribution in [0.5, 0.6) is 0 Å². The number of ketones is 1. The molecule has 5 heteroatoms. The van der Waals surface area contributed by atoms with Crippen molar-refractivity contribution in [3.05, 3.63) is 0 Å². The smallest absolute Gasteiger partial charge is 0.174 e. The Morgan fingerprint density at radius 2 is 1.60 bits per heavy atom. The van der Waals surface area contributed by atoms with Crippen LogP contribution in [0.25, 0.3) is 0 Å². The summed E-state index contributed by atoms with van der Waals surface area (Å²) in [5, 5.41) is 0. The third-order valence-corrected chi connectivity index (χ3v) is 10.7. The van der Waals surface area contributed by atoms with E-state index in [4.69, 9.17) is 18.9 Å². The van der Waals surface area contributed by atoms with Crippen molar-refractivity contribution in [2.24, 2.45) is 40.4 Å². The van der Waals surface area contributed by atoms with E-state index >= 15 is 0 Å². The first-order chi connectivity index (χ1) is 14.4. The van der Waals surface area contributed by atoms with Gasteiger partial charge < -0.3 is 18.9 Å². The van der Waals surface area contributed by atoms with Crippen molar-refractivity contribution in [1.82, 2.24) is 0 Å². The van der Waals surface area contributed by atoms with Gasteiger partial charge in [-0.05, 0) is 81.0 Å². The number of ether oxygens (including phenoxy) is 4. The first-order valence-corrected chi connectivity index (χ1v) is 12.5. The van der Waals surface area contributed by atoms with Gasteiger partial charge >= 0.3 is 0 Å². The highest BCUT2D eigenvalue weighted by Gasteiger charge is 2.67. The Morgan fingerprint density at radius 3 is 2.33 bits per heavy atom. The van der Waals surface area contributed by atoms with E-state index in [0.29, 0.717) is 17.6 Å². The molecule has 2 aliphatic heterocycles. The molecular formula is C25H38O5. The largest absolute Gasteiger partial charge is 0.347 e. The van der Waals surface area contributed by atoms with Gasteiger partial charge in [0.1, 0.15) is 5.78 Å². The Morgan fingerprint density at radius 1 is 0.867 bits per heavy atom. The molecule has 4 aliphatic carbocycles. The zero-order chi connectivity index (χ0) is 20.7. The zero-order valence-electron chi connectivity index (χ0n) is 18.9. The van der Waals surface area contributed by atoms with E-state index in [-0.39, 0.29) is 35.1 Å². The van der Waals surface area contributed by atoms with Gasteiger partial charge in [-0.2, -0.15) is 0 Å². The molecule has 0 bridgehead atoms. The van der Waals surface area contributed by atoms with Gasteiger partial charge in [-0.25, -0.2) is 0 Å². The molecule has 0 aromatic rings. The maximum atomic E-state index is 13.1. The maximum absolute atomic E-state index is 13.1. The van der Waals surface area contributed by atoms with Gasteiger partial charge in [0.2, 0.25) is 0 Å². The molecule has 2 saturated heterocycles. The Balaban J connectivity index is 1.25. The van der Waals surface area contributed by atoms with Crippen molar-refractivity contribution in [2.75, 3.05) is 13.2 Å². The minimum atomic E-state index is -0.319. The van der Waals surface area contributed by atoms with Crippen LogP contribution >= 0.6 is 0 Å². The SMILES string of the molecule is CC1OC(C2CC[C@@]3(C)[C@@H](CC[C@@H]4[C@@H]3CC[C@@]3(C)[C@H]4CCC34OCCO4)CC2=O)O1. The van der Waals surface area contributed by atoms with Crippen molar-refractivity contribution >= 4 is 5.78 Å². The summed E-state index contributed by atoms with van der Waals surface area (Å²) >= 11 is 0. The van der Waals surface area contributed by atoms with Crippen LogP contribution in [0.2, 0.25) is 0 Å². The highest BCUT2D eigenvalue weighted by molar-refractivity contribution is 5.82. The fourth-order valence-corrected chi connectivity index (χ4v) is 9.03. The lowest BCUT2D eigenvalue weighted by Gasteiger charge is -2.59. The van der Waals surface area contributed by atoms with Gasteiger partial charge in [0.15, 0.2) is 18.4 Å². The fraction of sp³-hybridized carbons (Fsp3) is 0.960. The van der Waals surface area contributed by atoms with E-state index in [1.165, 1.54) is 32.1 Å². The molecule has 168 valence electrons. The normalized spacial score (nSPS) is 54.8.